The van der Waals surface area contributed by atoms with E-state index in [4.69, 9.17) is 4.74 Å². The molecule has 0 radical (unpaired) electrons. The molecule has 84 valence electrons. The van der Waals surface area contributed by atoms with Gasteiger partial charge in [-0.05, 0) is 16.0 Å². The Morgan fingerprint density at radius 3 is 2.62 bits per heavy atom. The van der Waals surface area contributed by atoms with Gasteiger partial charge in [-0.15, -0.1) is 0 Å². The molecule has 2 fully saturated rings. The summed E-state index contributed by atoms with van der Waals surface area (Å²) in [4.78, 5) is 15.9. The third-order valence-electron chi connectivity index (χ3n) is 3.15. The van der Waals surface area contributed by atoms with Crippen LogP contribution in [0, 0.1) is 15.5 Å². The van der Waals surface area contributed by atoms with Gasteiger partial charge in [-0.3, -0.25) is 0 Å². The number of nitro groups is 1. The van der Waals surface area contributed by atoms with Gasteiger partial charge in [0.2, 0.25) is 0 Å². The first kappa shape index (κ1) is 9.53. The van der Waals surface area contributed by atoms with Gasteiger partial charge in [-0.25, -0.2) is 0 Å². The molecule has 3 rings (SSSR count). The second kappa shape index (κ2) is 3.15. The second-order valence-corrected chi connectivity index (χ2v) is 4.48. The van der Waals surface area contributed by atoms with Gasteiger partial charge in [-0.2, -0.15) is 0 Å². The zero-order chi connectivity index (χ0) is 11.2. The summed E-state index contributed by atoms with van der Waals surface area (Å²) in [6.45, 7) is 3.60. The summed E-state index contributed by atoms with van der Waals surface area (Å²) in [5.41, 5.74) is 1.30. The number of anilines is 1. The van der Waals surface area contributed by atoms with Crippen molar-refractivity contribution < 1.29 is 9.66 Å². The fourth-order valence-corrected chi connectivity index (χ4v) is 2.19. The lowest BCUT2D eigenvalue weighted by molar-refractivity contribution is -0.389. The lowest BCUT2D eigenvalue weighted by Crippen LogP contribution is -2.66. The minimum Gasteiger partial charge on any atom is -0.380 e. The number of rotatable bonds is 2. The van der Waals surface area contributed by atoms with Crippen molar-refractivity contribution in [2.75, 3.05) is 31.2 Å². The van der Waals surface area contributed by atoms with Gasteiger partial charge >= 0.3 is 5.82 Å². The van der Waals surface area contributed by atoms with Gasteiger partial charge < -0.3 is 19.8 Å². The fourth-order valence-electron chi connectivity index (χ4n) is 2.19. The monoisotopic (exact) mass is 221 g/mol. The zero-order valence-electron chi connectivity index (χ0n) is 8.63. The topological polar surface area (TPSA) is 68.5 Å². The molecule has 0 aromatic carbocycles. The molecule has 1 spiro atoms. The zero-order valence-corrected chi connectivity index (χ0v) is 8.63. The van der Waals surface area contributed by atoms with Crippen LogP contribution in [0.25, 0.3) is 0 Å². The van der Waals surface area contributed by atoms with Crippen molar-refractivity contribution in [1.29, 1.82) is 0 Å². The number of ether oxygens (including phenoxy) is 1. The van der Waals surface area contributed by atoms with Crippen LogP contribution in [0.5, 0.6) is 0 Å². The van der Waals surface area contributed by atoms with Crippen LogP contribution in [0.4, 0.5) is 11.5 Å². The van der Waals surface area contributed by atoms with Crippen molar-refractivity contribution in [3.05, 3.63) is 28.4 Å². The molecular weight excluding hydrogens is 210 g/mol. The molecule has 16 heavy (non-hydrogen) atoms. The van der Waals surface area contributed by atoms with Crippen LogP contribution < -0.4 is 4.90 Å². The lowest BCUT2D eigenvalue weighted by Gasteiger charge is -2.55. The van der Waals surface area contributed by atoms with E-state index in [9.17, 15) is 10.1 Å². The summed E-state index contributed by atoms with van der Waals surface area (Å²) in [6.07, 6.45) is 1.56. The fraction of sp³-hybridized carbons (Fsp3) is 0.500. The van der Waals surface area contributed by atoms with E-state index in [2.05, 4.69) is 9.88 Å². The Kier molecular flexibility index (Phi) is 1.88. The Bertz CT molecular complexity index is 419. The highest BCUT2D eigenvalue weighted by Crippen LogP contribution is 2.39. The highest BCUT2D eigenvalue weighted by molar-refractivity contribution is 5.50. The van der Waals surface area contributed by atoms with Crippen molar-refractivity contribution in [1.82, 2.24) is 4.98 Å². The molecule has 1 aromatic rings. The molecule has 0 N–H and O–H groups in total. The van der Waals surface area contributed by atoms with E-state index in [0.29, 0.717) is 5.41 Å². The molecule has 0 unspecified atom stereocenters. The minimum atomic E-state index is -0.485. The molecule has 6 nitrogen and oxygen atoms in total. The molecular formula is C10H11N3O3. The maximum Gasteiger partial charge on any atom is 0.363 e. The lowest BCUT2D eigenvalue weighted by atomic mass is 9.78. The number of hydrogen-bond donors (Lipinski definition) is 0. The number of hydrogen-bond acceptors (Lipinski definition) is 5. The first-order chi connectivity index (χ1) is 7.69. The van der Waals surface area contributed by atoms with E-state index >= 15 is 0 Å². The molecule has 2 aliphatic heterocycles. The van der Waals surface area contributed by atoms with Crippen LogP contribution in [0.1, 0.15) is 0 Å². The van der Waals surface area contributed by atoms with Crippen molar-refractivity contribution in [2.45, 2.75) is 0 Å². The molecule has 2 aliphatic rings. The minimum absolute atomic E-state index is 0.106. The predicted molar refractivity (Wildman–Crippen MR) is 56.4 cm³/mol. The van der Waals surface area contributed by atoms with Crippen molar-refractivity contribution in [3.8, 4) is 0 Å². The molecule has 1 aromatic heterocycles. The van der Waals surface area contributed by atoms with Gasteiger partial charge in [0.15, 0.2) is 6.20 Å². The Hall–Kier alpha value is -1.69. The van der Waals surface area contributed by atoms with Crippen molar-refractivity contribution in [2.24, 2.45) is 5.41 Å². The highest BCUT2D eigenvalue weighted by atomic mass is 16.6. The summed E-state index contributed by atoms with van der Waals surface area (Å²) in [6, 6.07) is 3.19. The van der Waals surface area contributed by atoms with E-state index in [-0.39, 0.29) is 5.82 Å². The number of aromatic nitrogens is 1. The summed E-state index contributed by atoms with van der Waals surface area (Å²) in [5.74, 6) is -0.106. The summed E-state index contributed by atoms with van der Waals surface area (Å²) < 4.78 is 5.18. The Morgan fingerprint density at radius 1 is 1.44 bits per heavy atom. The van der Waals surface area contributed by atoms with E-state index < -0.39 is 4.92 Å². The van der Waals surface area contributed by atoms with Gasteiger partial charge in [-0.1, -0.05) is 0 Å². The van der Waals surface area contributed by atoms with Gasteiger partial charge in [0.25, 0.3) is 0 Å². The third-order valence-corrected chi connectivity index (χ3v) is 3.15. The molecule has 0 atom stereocenters. The standard InChI is InChI=1S/C10H11N3O3/c14-13(15)9-2-1-8(3-11-9)12-4-10(5-12)6-16-7-10/h1-3H,4-7H2. The highest BCUT2D eigenvalue weighted by Gasteiger charge is 2.49. The third kappa shape index (κ3) is 1.34. The van der Waals surface area contributed by atoms with Crippen LogP contribution in [0.15, 0.2) is 18.3 Å². The van der Waals surface area contributed by atoms with Crippen LogP contribution in [0.3, 0.4) is 0 Å². The molecule has 0 bridgehead atoms. The predicted octanol–water partition coefficient (Wildman–Crippen LogP) is 0.826. The van der Waals surface area contributed by atoms with Crippen LogP contribution >= 0.6 is 0 Å². The van der Waals surface area contributed by atoms with Gasteiger partial charge in [0.1, 0.15) is 0 Å². The SMILES string of the molecule is O=[N+]([O-])c1ccc(N2CC3(COC3)C2)cn1. The molecule has 6 heteroatoms. The Morgan fingerprint density at radius 2 is 2.19 bits per heavy atom. The molecule has 0 amide bonds. The largest absolute Gasteiger partial charge is 0.380 e. The normalized spacial score (nSPS) is 21.4. The van der Waals surface area contributed by atoms with E-state index in [0.717, 1.165) is 32.0 Å². The smallest absolute Gasteiger partial charge is 0.363 e. The Balaban J connectivity index is 1.69. The van der Waals surface area contributed by atoms with Gasteiger partial charge in [0, 0.05) is 19.2 Å². The quantitative estimate of drug-likeness (QED) is 0.546. The van der Waals surface area contributed by atoms with Crippen molar-refractivity contribution in [3.63, 3.8) is 0 Å². The maximum absolute atomic E-state index is 10.4. The second-order valence-electron chi connectivity index (χ2n) is 4.48. The summed E-state index contributed by atoms with van der Waals surface area (Å²) in [5, 5.41) is 10.4. The van der Waals surface area contributed by atoms with Crippen LogP contribution in [-0.2, 0) is 4.74 Å². The molecule has 0 aliphatic carbocycles. The number of nitrogens with zero attached hydrogens (tertiary/aromatic N) is 3. The first-order valence-electron chi connectivity index (χ1n) is 5.12. The number of pyridine rings is 1. The average Bonchev–Trinajstić information content (AvgIpc) is 2.14. The van der Waals surface area contributed by atoms with Crippen molar-refractivity contribution >= 4 is 11.5 Å². The van der Waals surface area contributed by atoms with E-state index in [1.54, 1.807) is 12.3 Å². The van der Waals surface area contributed by atoms with Crippen LogP contribution in [-0.4, -0.2) is 36.2 Å². The maximum atomic E-state index is 10.4. The van der Waals surface area contributed by atoms with Crippen LogP contribution in [0.2, 0.25) is 0 Å². The Labute approximate surface area is 92.0 Å². The molecule has 0 saturated carbocycles. The van der Waals surface area contributed by atoms with E-state index in [1.807, 2.05) is 0 Å². The molecule has 3 heterocycles. The molecule has 2 saturated heterocycles. The van der Waals surface area contributed by atoms with E-state index in [1.165, 1.54) is 6.07 Å². The summed E-state index contributed by atoms with van der Waals surface area (Å²) >= 11 is 0. The first-order valence-corrected chi connectivity index (χ1v) is 5.12. The average molecular weight is 221 g/mol. The van der Waals surface area contributed by atoms with Gasteiger partial charge in [0.05, 0.1) is 24.3 Å². The summed E-state index contributed by atoms with van der Waals surface area (Å²) in [7, 11) is 0.